The van der Waals surface area contributed by atoms with Crippen molar-refractivity contribution in [3.05, 3.63) is 0 Å². The maximum Gasteiger partial charge on any atom is 0.191 e. The average molecular weight is 173 g/mol. The number of rotatable bonds is 5. The van der Waals surface area contributed by atoms with Crippen LogP contribution >= 0.6 is 0 Å². The summed E-state index contributed by atoms with van der Waals surface area (Å²) in [6, 6.07) is 0. The lowest BCUT2D eigenvalue weighted by molar-refractivity contribution is 0.182. The molecule has 0 aliphatic heterocycles. The normalized spacial score (nSPS) is 11.8. The molecule has 0 rings (SSSR count). The molecule has 0 spiro atoms. The SMILES string of the molecule is CCCN=C(N)N(C)CCOC. The standard InChI is InChI=1S/C8H19N3O/c1-4-5-10-8(9)11(2)6-7-12-3/h4-7H2,1-3H3,(H2,9,10). The second-order valence-corrected chi connectivity index (χ2v) is 2.65. The van der Waals surface area contributed by atoms with Crippen molar-refractivity contribution >= 4 is 5.96 Å². The Kier molecular flexibility index (Phi) is 6.47. The summed E-state index contributed by atoms with van der Waals surface area (Å²) in [5, 5.41) is 0. The smallest absolute Gasteiger partial charge is 0.191 e. The molecule has 2 N–H and O–H groups in total. The maximum absolute atomic E-state index is 5.66. The monoisotopic (exact) mass is 173 g/mol. The number of guanidine groups is 1. The zero-order chi connectivity index (χ0) is 9.40. The van der Waals surface area contributed by atoms with E-state index in [2.05, 4.69) is 11.9 Å². The molecule has 0 heterocycles. The largest absolute Gasteiger partial charge is 0.383 e. The second kappa shape index (κ2) is 6.91. The van der Waals surface area contributed by atoms with Crippen molar-refractivity contribution in [2.45, 2.75) is 13.3 Å². The Bertz CT molecular complexity index is 136. The van der Waals surface area contributed by atoms with E-state index >= 15 is 0 Å². The quantitative estimate of drug-likeness (QED) is 0.480. The van der Waals surface area contributed by atoms with Gasteiger partial charge in [-0.3, -0.25) is 4.99 Å². The lowest BCUT2D eigenvalue weighted by Gasteiger charge is -2.16. The molecule has 72 valence electrons. The van der Waals surface area contributed by atoms with E-state index in [0.29, 0.717) is 12.6 Å². The molecule has 0 aromatic carbocycles. The van der Waals surface area contributed by atoms with Gasteiger partial charge in [-0.05, 0) is 6.42 Å². The van der Waals surface area contributed by atoms with Gasteiger partial charge in [0.15, 0.2) is 5.96 Å². The van der Waals surface area contributed by atoms with Gasteiger partial charge in [-0.25, -0.2) is 0 Å². The molecule has 0 saturated carbocycles. The summed E-state index contributed by atoms with van der Waals surface area (Å²) < 4.78 is 4.91. The third-order valence-corrected chi connectivity index (χ3v) is 1.52. The van der Waals surface area contributed by atoms with Crippen molar-refractivity contribution in [3.8, 4) is 0 Å². The fourth-order valence-corrected chi connectivity index (χ4v) is 0.690. The average Bonchev–Trinajstić information content (AvgIpc) is 2.10. The molecule has 12 heavy (non-hydrogen) atoms. The molecule has 0 saturated heterocycles. The molecule has 0 aliphatic rings. The zero-order valence-electron chi connectivity index (χ0n) is 8.21. The summed E-state index contributed by atoms with van der Waals surface area (Å²) in [6.45, 7) is 4.34. The highest BCUT2D eigenvalue weighted by molar-refractivity contribution is 5.77. The Labute approximate surface area is 74.4 Å². The van der Waals surface area contributed by atoms with E-state index in [1.54, 1.807) is 7.11 Å². The van der Waals surface area contributed by atoms with Crippen LogP contribution in [0, 0.1) is 0 Å². The highest BCUT2D eigenvalue weighted by Crippen LogP contribution is 1.85. The van der Waals surface area contributed by atoms with E-state index in [4.69, 9.17) is 10.5 Å². The van der Waals surface area contributed by atoms with Gasteiger partial charge in [-0.15, -0.1) is 0 Å². The molecule has 0 radical (unpaired) electrons. The summed E-state index contributed by atoms with van der Waals surface area (Å²) in [5.41, 5.74) is 5.66. The number of nitrogens with two attached hydrogens (primary N) is 1. The number of aliphatic imine (C=N–C) groups is 1. The van der Waals surface area contributed by atoms with Gasteiger partial charge in [0.1, 0.15) is 0 Å². The van der Waals surface area contributed by atoms with Crippen molar-refractivity contribution in [1.82, 2.24) is 4.90 Å². The third-order valence-electron chi connectivity index (χ3n) is 1.52. The van der Waals surface area contributed by atoms with Gasteiger partial charge >= 0.3 is 0 Å². The Morgan fingerprint density at radius 3 is 2.75 bits per heavy atom. The first kappa shape index (κ1) is 11.2. The van der Waals surface area contributed by atoms with Crippen LogP contribution in [-0.2, 0) is 4.74 Å². The highest BCUT2D eigenvalue weighted by atomic mass is 16.5. The van der Waals surface area contributed by atoms with Crippen LogP contribution in [0.4, 0.5) is 0 Å². The predicted octanol–water partition coefficient (Wildman–Crippen LogP) is 0.289. The molecular formula is C8H19N3O. The molecule has 4 heteroatoms. The van der Waals surface area contributed by atoms with Crippen LogP contribution in [0.15, 0.2) is 4.99 Å². The number of likely N-dealkylation sites (N-methyl/N-ethyl adjacent to an activating group) is 1. The summed E-state index contributed by atoms with van der Waals surface area (Å²) in [4.78, 5) is 6.05. The summed E-state index contributed by atoms with van der Waals surface area (Å²) in [5.74, 6) is 0.592. The highest BCUT2D eigenvalue weighted by Gasteiger charge is 1.98. The van der Waals surface area contributed by atoms with Crippen LogP contribution in [0.5, 0.6) is 0 Å². The van der Waals surface area contributed by atoms with Crippen LogP contribution in [-0.4, -0.2) is 44.7 Å². The number of hydrogen-bond donors (Lipinski definition) is 1. The molecule has 0 aromatic rings. The van der Waals surface area contributed by atoms with Crippen molar-refractivity contribution in [1.29, 1.82) is 0 Å². The zero-order valence-corrected chi connectivity index (χ0v) is 8.21. The first-order chi connectivity index (χ1) is 5.72. The second-order valence-electron chi connectivity index (χ2n) is 2.65. The van der Waals surface area contributed by atoms with Crippen LogP contribution in [0.25, 0.3) is 0 Å². The van der Waals surface area contributed by atoms with Gasteiger partial charge in [-0.1, -0.05) is 6.92 Å². The molecule has 0 amide bonds. The van der Waals surface area contributed by atoms with Crippen molar-refractivity contribution in [2.24, 2.45) is 10.7 Å². The Hall–Kier alpha value is -0.770. The minimum Gasteiger partial charge on any atom is -0.383 e. The number of hydrogen-bond acceptors (Lipinski definition) is 2. The number of ether oxygens (including phenoxy) is 1. The summed E-state index contributed by atoms with van der Waals surface area (Å²) in [6.07, 6.45) is 1.03. The van der Waals surface area contributed by atoms with Crippen LogP contribution in [0.3, 0.4) is 0 Å². The summed E-state index contributed by atoms with van der Waals surface area (Å²) in [7, 11) is 3.58. The lowest BCUT2D eigenvalue weighted by Crippen LogP contribution is -2.36. The molecular weight excluding hydrogens is 154 g/mol. The minimum absolute atomic E-state index is 0.592. The van der Waals surface area contributed by atoms with E-state index in [1.807, 2.05) is 11.9 Å². The van der Waals surface area contributed by atoms with Crippen molar-refractivity contribution in [2.75, 3.05) is 33.9 Å². The molecule has 4 nitrogen and oxygen atoms in total. The Balaban J connectivity index is 3.66. The van der Waals surface area contributed by atoms with Crippen molar-refractivity contribution in [3.63, 3.8) is 0 Å². The van der Waals surface area contributed by atoms with E-state index in [-0.39, 0.29) is 0 Å². The molecule has 0 unspecified atom stereocenters. The molecule has 0 fully saturated rings. The molecule has 0 aromatic heterocycles. The van der Waals surface area contributed by atoms with E-state index in [0.717, 1.165) is 19.5 Å². The molecule has 0 aliphatic carbocycles. The van der Waals surface area contributed by atoms with E-state index in [9.17, 15) is 0 Å². The molecule has 0 atom stereocenters. The van der Waals surface area contributed by atoms with Crippen LogP contribution < -0.4 is 5.73 Å². The minimum atomic E-state index is 0.592. The van der Waals surface area contributed by atoms with E-state index < -0.39 is 0 Å². The van der Waals surface area contributed by atoms with Gasteiger partial charge in [-0.2, -0.15) is 0 Å². The fourth-order valence-electron chi connectivity index (χ4n) is 0.690. The topological polar surface area (TPSA) is 50.8 Å². The van der Waals surface area contributed by atoms with Gasteiger partial charge in [0.05, 0.1) is 6.61 Å². The maximum atomic E-state index is 5.66. The van der Waals surface area contributed by atoms with Gasteiger partial charge in [0.25, 0.3) is 0 Å². The van der Waals surface area contributed by atoms with Gasteiger partial charge in [0, 0.05) is 27.2 Å². The first-order valence-electron chi connectivity index (χ1n) is 4.22. The van der Waals surface area contributed by atoms with E-state index in [1.165, 1.54) is 0 Å². The van der Waals surface area contributed by atoms with Crippen LogP contribution in [0.2, 0.25) is 0 Å². The van der Waals surface area contributed by atoms with Crippen LogP contribution in [0.1, 0.15) is 13.3 Å². The summed E-state index contributed by atoms with van der Waals surface area (Å²) >= 11 is 0. The lowest BCUT2D eigenvalue weighted by atomic mass is 10.5. The third kappa shape index (κ3) is 4.96. The van der Waals surface area contributed by atoms with Gasteiger partial charge in [0.2, 0.25) is 0 Å². The first-order valence-corrected chi connectivity index (χ1v) is 4.22. The predicted molar refractivity (Wildman–Crippen MR) is 51.3 cm³/mol. The Morgan fingerprint density at radius 2 is 2.25 bits per heavy atom. The fraction of sp³-hybridized carbons (Fsp3) is 0.875. The van der Waals surface area contributed by atoms with Crippen molar-refractivity contribution < 1.29 is 4.74 Å². The van der Waals surface area contributed by atoms with Gasteiger partial charge < -0.3 is 15.4 Å². The number of nitrogens with zero attached hydrogens (tertiary/aromatic N) is 2. The Morgan fingerprint density at radius 1 is 1.58 bits per heavy atom. The molecule has 0 bridgehead atoms. The number of methoxy groups -OCH3 is 1.